The van der Waals surface area contributed by atoms with Crippen molar-refractivity contribution in [2.45, 2.75) is 0 Å². The average molecular weight is 353 g/mol. The van der Waals surface area contributed by atoms with Crippen LogP contribution in [0.1, 0.15) is 11.3 Å². The molecule has 3 heterocycles. The van der Waals surface area contributed by atoms with Crippen molar-refractivity contribution in [1.82, 2.24) is 4.48 Å². The number of hydrogen-bond donors (Lipinski definition) is 1. The Labute approximate surface area is 140 Å². The van der Waals surface area contributed by atoms with Gasteiger partial charge >= 0.3 is 6.97 Å². The molecule has 0 spiro atoms. The summed E-state index contributed by atoms with van der Waals surface area (Å²) < 4.78 is 31.4. The van der Waals surface area contributed by atoms with Gasteiger partial charge in [0.2, 0.25) is 5.17 Å². The van der Waals surface area contributed by atoms with Crippen molar-refractivity contribution in [3.63, 3.8) is 0 Å². The standard InChI is InChI=1S/C15H9BCl2F2N2O/c17-13-7-5-11-15(9-1-3-10(23)4-2-9)12-6-8-14(18)22(12)16(19,20)21(11)13/h1-8,23H. The molecule has 0 saturated carbocycles. The quantitative estimate of drug-likeness (QED) is 0.770. The van der Waals surface area contributed by atoms with Gasteiger partial charge in [-0.2, -0.15) is 0 Å². The zero-order chi connectivity index (χ0) is 16.4. The molecule has 0 saturated heterocycles. The number of hydrogen-bond acceptors (Lipinski definition) is 1. The lowest BCUT2D eigenvalue weighted by molar-refractivity contribution is -0.358. The molecule has 8 heteroatoms. The summed E-state index contributed by atoms with van der Waals surface area (Å²) in [4.78, 5) is 0. The highest BCUT2D eigenvalue weighted by Crippen LogP contribution is 2.41. The van der Waals surface area contributed by atoms with Gasteiger partial charge in [0.25, 0.3) is 0 Å². The van der Waals surface area contributed by atoms with E-state index in [1.807, 2.05) is 0 Å². The molecule has 0 aliphatic carbocycles. The third-order valence-corrected chi connectivity index (χ3v) is 4.64. The van der Waals surface area contributed by atoms with Crippen molar-refractivity contribution in [2.24, 2.45) is 0 Å². The maximum absolute atomic E-state index is 14.9. The molecule has 2 aromatic rings. The van der Waals surface area contributed by atoms with Crippen LogP contribution in [0.5, 0.6) is 5.75 Å². The van der Waals surface area contributed by atoms with E-state index < -0.39 is 6.97 Å². The Kier molecular flexibility index (Phi) is 2.99. The van der Waals surface area contributed by atoms with Crippen LogP contribution >= 0.6 is 23.2 Å². The Hall–Kier alpha value is -2.05. The highest BCUT2D eigenvalue weighted by Gasteiger charge is 2.54. The fourth-order valence-electron chi connectivity index (χ4n) is 3.06. The first-order chi connectivity index (χ1) is 10.9. The Morgan fingerprint density at radius 2 is 1.70 bits per heavy atom. The normalized spacial score (nSPS) is 18.4. The van der Waals surface area contributed by atoms with E-state index in [9.17, 15) is 13.7 Å². The monoisotopic (exact) mass is 352 g/mol. The van der Waals surface area contributed by atoms with Crippen molar-refractivity contribution in [3.05, 3.63) is 70.7 Å². The summed E-state index contributed by atoms with van der Waals surface area (Å²) in [6, 6.07) is 9.33. The van der Waals surface area contributed by atoms with E-state index in [0.717, 1.165) is 8.96 Å². The first kappa shape index (κ1) is 14.5. The summed E-state index contributed by atoms with van der Waals surface area (Å²) >= 11 is 12.0. The molecule has 0 bridgehead atoms. The summed E-state index contributed by atoms with van der Waals surface area (Å²) in [5.74, 6) is 0.0986. The minimum atomic E-state index is -4.17. The van der Waals surface area contributed by atoms with Crippen LogP contribution in [-0.2, 0) is 0 Å². The van der Waals surface area contributed by atoms with Crippen molar-refractivity contribution in [3.8, 4) is 5.75 Å². The van der Waals surface area contributed by atoms with Gasteiger partial charge in [-0.25, -0.2) is 0 Å². The summed E-state index contributed by atoms with van der Waals surface area (Å²) in [5.41, 5.74) is 1.89. The van der Waals surface area contributed by atoms with E-state index in [1.54, 1.807) is 24.3 Å². The second-order valence-corrected chi connectivity index (χ2v) is 6.11. The van der Waals surface area contributed by atoms with Gasteiger partial charge in [-0.05, 0) is 41.4 Å². The van der Waals surface area contributed by atoms with Crippen LogP contribution < -0.4 is 0 Å². The lowest BCUT2D eigenvalue weighted by Crippen LogP contribution is -2.50. The van der Waals surface area contributed by atoms with E-state index in [4.69, 9.17) is 23.2 Å². The van der Waals surface area contributed by atoms with Gasteiger partial charge in [0.1, 0.15) is 5.75 Å². The van der Waals surface area contributed by atoms with Crippen LogP contribution in [0, 0.1) is 0 Å². The molecule has 23 heavy (non-hydrogen) atoms. The number of allylic oxidation sites excluding steroid dienone is 2. The lowest BCUT2D eigenvalue weighted by Gasteiger charge is -2.31. The van der Waals surface area contributed by atoms with Gasteiger partial charge in [-0.1, -0.05) is 23.7 Å². The lowest BCUT2D eigenvalue weighted by atomic mass is 9.86. The van der Waals surface area contributed by atoms with E-state index in [1.165, 1.54) is 24.3 Å². The molecule has 0 atom stereocenters. The molecule has 1 aromatic heterocycles. The number of phenols is 1. The first-order valence-corrected chi connectivity index (χ1v) is 7.60. The number of fused-ring (bicyclic) bond motifs is 2. The molecule has 1 N–H and O–H groups in total. The molecule has 3 nitrogen and oxygen atoms in total. The highest BCUT2D eigenvalue weighted by molar-refractivity contribution is 6.71. The number of phenolic OH excluding ortho intramolecular Hbond substituents is 1. The molecule has 2 aliphatic heterocycles. The fourth-order valence-corrected chi connectivity index (χ4v) is 3.60. The molecule has 2 aliphatic rings. The fraction of sp³-hybridized carbons (Fsp3) is 0. The van der Waals surface area contributed by atoms with Gasteiger partial charge in [-0.3, -0.25) is 0 Å². The summed E-state index contributed by atoms with van der Waals surface area (Å²) in [7, 11) is 0. The number of rotatable bonds is 1. The van der Waals surface area contributed by atoms with Crippen LogP contribution in [0.25, 0.3) is 5.57 Å². The zero-order valence-electron chi connectivity index (χ0n) is 11.5. The maximum Gasteiger partial charge on any atom is 0.739 e. The molecule has 0 fully saturated rings. The SMILES string of the molecule is Oc1ccc(C2=C3C=CC(Cl)=[N+]3[B-](F)(F)n3c(Cl)ccc32)cc1. The van der Waals surface area contributed by atoms with Crippen molar-refractivity contribution >= 4 is 40.9 Å². The van der Waals surface area contributed by atoms with Crippen LogP contribution in [0.3, 0.4) is 0 Å². The summed E-state index contributed by atoms with van der Waals surface area (Å²) in [6.45, 7) is -4.17. The minimum absolute atomic E-state index is 0.0586. The predicted molar refractivity (Wildman–Crippen MR) is 87.2 cm³/mol. The number of aromatic hydroxyl groups is 1. The van der Waals surface area contributed by atoms with Crippen molar-refractivity contribution < 1.29 is 18.2 Å². The van der Waals surface area contributed by atoms with E-state index in [-0.39, 0.29) is 16.1 Å². The molecule has 4 rings (SSSR count). The second-order valence-electron chi connectivity index (χ2n) is 5.33. The van der Waals surface area contributed by atoms with Crippen molar-refractivity contribution in [2.75, 3.05) is 0 Å². The van der Waals surface area contributed by atoms with Gasteiger partial charge in [0.05, 0.1) is 10.7 Å². The summed E-state index contributed by atoms with van der Waals surface area (Å²) in [5, 5.41) is 9.34. The van der Waals surface area contributed by atoms with Crippen LogP contribution in [-0.4, -0.2) is 26.2 Å². The van der Waals surface area contributed by atoms with Crippen LogP contribution in [0.2, 0.25) is 5.15 Å². The molecule has 0 unspecified atom stereocenters. The largest absolute Gasteiger partial charge is 0.739 e. The van der Waals surface area contributed by atoms with Gasteiger partial charge in [-0.15, -0.1) is 0 Å². The smallest absolute Gasteiger partial charge is 0.508 e. The molecule has 1 aromatic carbocycles. The Morgan fingerprint density at radius 1 is 1.00 bits per heavy atom. The third-order valence-electron chi connectivity index (χ3n) is 4.03. The first-order valence-electron chi connectivity index (χ1n) is 6.84. The number of nitrogens with zero attached hydrogens (tertiary/aromatic N) is 2. The zero-order valence-corrected chi connectivity index (χ0v) is 13.1. The maximum atomic E-state index is 14.9. The Morgan fingerprint density at radius 3 is 2.39 bits per heavy atom. The highest BCUT2D eigenvalue weighted by atomic mass is 35.5. The third kappa shape index (κ3) is 1.92. The Bertz CT molecular complexity index is 929. The average Bonchev–Trinajstić information content (AvgIpc) is 3.06. The Balaban J connectivity index is 2.09. The van der Waals surface area contributed by atoms with E-state index in [0.29, 0.717) is 22.5 Å². The van der Waals surface area contributed by atoms with Crippen LogP contribution in [0.4, 0.5) is 8.63 Å². The molecule has 116 valence electrons. The second kappa shape index (κ2) is 4.72. The molecule has 0 radical (unpaired) electrons. The topological polar surface area (TPSA) is 28.2 Å². The van der Waals surface area contributed by atoms with Crippen LogP contribution in [0.15, 0.2) is 54.2 Å². The molecular weight excluding hydrogens is 344 g/mol. The number of benzene rings is 1. The summed E-state index contributed by atoms with van der Waals surface area (Å²) in [6.07, 6.45) is 3.00. The van der Waals surface area contributed by atoms with Gasteiger partial charge in [0, 0.05) is 17.8 Å². The minimum Gasteiger partial charge on any atom is -0.508 e. The molecule has 0 amide bonds. The van der Waals surface area contributed by atoms with E-state index >= 15 is 0 Å². The van der Waals surface area contributed by atoms with Gasteiger partial charge in [0.15, 0.2) is 5.70 Å². The van der Waals surface area contributed by atoms with Crippen molar-refractivity contribution in [1.29, 1.82) is 0 Å². The number of halogens is 4. The predicted octanol–water partition coefficient (Wildman–Crippen LogP) is 4.06. The number of aromatic nitrogens is 1. The van der Waals surface area contributed by atoms with Gasteiger partial charge < -0.3 is 22.7 Å². The van der Waals surface area contributed by atoms with E-state index in [2.05, 4.69) is 0 Å². The molecular formula is C15H9BCl2F2N2O.